The summed E-state index contributed by atoms with van der Waals surface area (Å²) in [6.07, 6.45) is -0.120. The Morgan fingerprint density at radius 1 is 1.44 bits per heavy atom. The van der Waals surface area contributed by atoms with E-state index in [1.165, 1.54) is 4.68 Å². The lowest BCUT2D eigenvalue weighted by molar-refractivity contribution is -0.136. The summed E-state index contributed by atoms with van der Waals surface area (Å²) >= 11 is 5.95. The van der Waals surface area contributed by atoms with Crippen LogP contribution in [0.25, 0.3) is 5.69 Å². The lowest BCUT2D eigenvalue weighted by Gasteiger charge is -2.09. The molecule has 1 heterocycles. The highest BCUT2D eigenvalue weighted by molar-refractivity contribution is 6.30. The fourth-order valence-electron chi connectivity index (χ4n) is 1.73. The molecule has 5 nitrogen and oxygen atoms in total. The van der Waals surface area contributed by atoms with Crippen LogP contribution in [0.4, 0.5) is 0 Å². The number of carboxylic acid groups (broad SMARTS) is 1. The summed E-state index contributed by atoms with van der Waals surface area (Å²) in [5, 5.41) is 17.4. The second-order valence-electron chi connectivity index (χ2n) is 4.03. The van der Waals surface area contributed by atoms with Gasteiger partial charge >= 0.3 is 5.97 Å². The zero-order valence-electron chi connectivity index (χ0n) is 10.0. The fraction of sp³-hybridized carbons (Fsp3) is 0.250. The summed E-state index contributed by atoms with van der Waals surface area (Å²) in [4.78, 5) is 10.9. The van der Waals surface area contributed by atoms with Crippen LogP contribution in [0.3, 0.4) is 0 Å². The van der Waals surface area contributed by atoms with Crippen molar-refractivity contribution in [2.45, 2.75) is 20.3 Å². The first kappa shape index (κ1) is 12.6. The Morgan fingerprint density at radius 2 is 2.17 bits per heavy atom. The Labute approximate surface area is 109 Å². The standard InChI is InChI=1S/C12H12ClN3O2/c1-7-3-4-9(13)5-10(7)16-11(6-12(17)18)8(2)14-15-16/h3-5H,6H2,1-2H3,(H,17,18). The molecule has 1 aromatic heterocycles. The van der Waals surface area contributed by atoms with E-state index in [-0.39, 0.29) is 6.42 Å². The molecule has 94 valence electrons. The number of rotatable bonds is 3. The maximum absolute atomic E-state index is 10.9. The Bertz CT molecular complexity index is 607. The third kappa shape index (κ3) is 2.36. The molecule has 1 aromatic carbocycles. The van der Waals surface area contributed by atoms with E-state index in [1.807, 2.05) is 13.0 Å². The SMILES string of the molecule is Cc1ccc(Cl)cc1-n1nnc(C)c1CC(=O)O. The number of halogens is 1. The van der Waals surface area contributed by atoms with Gasteiger partial charge in [0.25, 0.3) is 0 Å². The first-order valence-electron chi connectivity index (χ1n) is 5.38. The van der Waals surface area contributed by atoms with Crippen LogP contribution in [-0.4, -0.2) is 26.1 Å². The lowest BCUT2D eigenvalue weighted by Crippen LogP contribution is -2.10. The molecule has 0 aliphatic heterocycles. The number of aromatic nitrogens is 3. The quantitative estimate of drug-likeness (QED) is 0.923. The van der Waals surface area contributed by atoms with E-state index >= 15 is 0 Å². The number of aliphatic carboxylic acids is 1. The van der Waals surface area contributed by atoms with Gasteiger partial charge in [-0.2, -0.15) is 0 Å². The van der Waals surface area contributed by atoms with E-state index < -0.39 is 5.97 Å². The first-order valence-corrected chi connectivity index (χ1v) is 5.76. The van der Waals surface area contributed by atoms with Crippen molar-refractivity contribution in [3.8, 4) is 5.69 Å². The summed E-state index contributed by atoms with van der Waals surface area (Å²) in [5.41, 5.74) is 2.87. The second-order valence-corrected chi connectivity index (χ2v) is 4.47. The molecule has 6 heteroatoms. The first-order chi connectivity index (χ1) is 8.49. The third-order valence-corrected chi connectivity index (χ3v) is 2.91. The molecule has 2 aromatic rings. The number of nitrogens with zero attached hydrogens (tertiary/aromatic N) is 3. The molecular weight excluding hydrogens is 254 g/mol. The number of hydrogen-bond acceptors (Lipinski definition) is 3. The molecule has 0 amide bonds. The molecular formula is C12H12ClN3O2. The molecule has 18 heavy (non-hydrogen) atoms. The summed E-state index contributed by atoms with van der Waals surface area (Å²) in [6, 6.07) is 5.39. The molecule has 0 aliphatic carbocycles. The zero-order valence-corrected chi connectivity index (χ0v) is 10.8. The maximum atomic E-state index is 10.9. The van der Waals surface area contributed by atoms with Crippen LogP contribution >= 0.6 is 11.6 Å². The summed E-state index contributed by atoms with van der Waals surface area (Å²) in [5.74, 6) is -0.915. The van der Waals surface area contributed by atoms with Crippen LogP contribution in [0, 0.1) is 13.8 Å². The minimum Gasteiger partial charge on any atom is -0.481 e. The monoisotopic (exact) mass is 265 g/mol. The van der Waals surface area contributed by atoms with Gasteiger partial charge < -0.3 is 5.11 Å². The van der Waals surface area contributed by atoms with Crippen molar-refractivity contribution in [2.24, 2.45) is 0 Å². The van der Waals surface area contributed by atoms with Crippen LogP contribution in [0.5, 0.6) is 0 Å². The molecule has 0 saturated carbocycles. The molecule has 0 aliphatic rings. The second kappa shape index (κ2) is 4.78. The molecule has 0 unspecified atom stereocenters. The van der Waals surface area contributed by atoms with Gasteiger partial charge in [-0.3, -0.25) is 4.79 Å². The topological polar surface area (TPSA) is 68.0 Å². The van der Waals surface area contributed by atoms with Gasteiger partial charge in [-0.25, -0.2) is 4.68 Å². The molecule has 0 atom stereocenters. The number of aryl methyl sites for hydroxylation is 2. The summed E-state index contributed by atoms with van der Waals surface area (Å²) in [7, 11) is 0. The van der Waals surface area contributed by atoms with Gasteiger partial charge in [0.1, 0.15) is 0 Å². The number of carboxylic acids is 1. The van der Waals surface area contributed by atoms with Crippen molar-refractivity contribution in [1.29, 1.82) is 0 Å². The molecule has 2 rings (SSSR count). The van der Waals surface area contributed by atoms with E-state index in [4.69, 9.17) is 16.7 Å². The third-order valence-electron chi connectivity index (χ3n) is 2.68. The van der Waals surface area contributed by atoms with E-state index in [0.717, 1.165) is 11.3 Å². The van der Waals surface area contributed by atoms with Crippen molar-refractivity contribution < 1.29 is 9.90 Å². The van der Waals surface area contributed by atoms with Crippen LogP contribution in [0.2, 0.25) is 5.02 Å². The predicted molar refractivity (Wildman–Crippen MR) is 67.2 cm³/mol. The highest BCUT2D eigenvalue weighted by Gasteiger charge is 2.15. The van der Waals surface area contributed by atoms with Gasteiger partial charge in [-0.1, -0.05) is 22.9 Å². The van der Waals surface area contributed by atoms with Gasteiger partial charge in [0.2, 0.25) is 0 Å². The van der Waals surface area contributed by atoms with Crippen molar-refractivity contribution in [3.05, 3.63) is 40.2 Å². The maximum Gasteiger partial charge on any atom is 0.309 e. The fourth-order valence-corrected chi connectivity index (χ4v) is 1.89. The van der Waals surface area contributed by atoms with Gasteiger partial charge in [-0.15, -0.1) is 5.10 Å². The van der Waals surface area contributed by atoms with E-state index in [1.54, 1.807) is 19.1 Å². The average Bonchev–Trinajstić information content (AvgIpc) is 2.64. The minimum absolute atomic E-state index is 0.120. The smallest absolute Gasteiger partial charge is 0.309 e. The normalized spacial score (nSPS) is 10.6. The Hall–Kier alpha value is -1.88. The van der Waals surface area contributed by atoms with Crippen molar-refractivity contribution >= 4 is 17.6 Å². The molecule has 0 bridgehead atoms. The number of carbonyl (C=O) groups is 1. The van der Waals surface area contributed by atoms with Gasteiger partial charge in [-0.05, 0) is 31.5 Å². The predicted octanol–water partition coefficient (Wildman–Crippen LogP) is 2.16. The minimum atomic E-state index is -0.915. The molecule has 0 saturated heterocycles. The average molecular weight is 266 g/mol. The van der Waals surface area contributed by atoms with Crippen molar-refractivity contribution in [2.75, 3.05) is 0 Å². The Morgan fingerprint density at radius 3 is 2.83 bits per heavy atom. The Balaban J connectivity index is 2.57. The van der Waals surface area contributed by atoms with Gasteiger partial charge in [0.15, 0.2) is 0 Å². The summed E-state index contributed by atoms with van der Waals surface area (Å²) < 4.78 is 1.53. The number of benzene rings is 1. The molecule has 0 fully saturated rings. The van der Waals surface area contributed by atoms with Crippen LogP contribution in [0.1, 0.15) is 17.0 Å². The van der Waals surface area contributed by atoms with Crippen molar-refractivity contribution in [1.82, 2.24) is 15.0 Å². The lowest BCUT2D eigenvalue weighted by atomic mass is 10.2. The largest absolute Gasteiger partial charge is 0.481 e. The molecule has 0 spiro atoms. The van der Waals surface area contributed by atoms with Crippen LogP contribution in [-0.2, 0) is 11.2 Å². The highest BCUT2D eigenvalue weighted by atomic mass is 35.5. The molecule has 1 N–H and O–H groups in total. The summed E-state index contributed by atoms with van der Waals surface area (Å²) in [6.45, 7) is 3.65. The van der Waals surface area contributed by atoms with Gasteiger partial charge in [0, 0.05) is 5.02 Å². The van der Waals surface area contributed by atoms with Crippen molar-refractivity contribution in [3.63, 3.8) is 0 Å². The number of hydrogen-bond donors (Lipinski definition) is 1. The van der Waals surface area contributed by atoms with Crippen LogP contribution in [0.15, 0.2) is 18.2 Å². The Kier molecular flexibility index (Phi) is 3.34. The van der Waals surface area contributed by atoms with E-state index in [0.29, 0.717) is 16.4 Å². The highest BCUT2D eigenvalue weighted by Crippen LogP contribution is 2.21. The molecule has 0 radical (unpaired) electrons. The van der Waals surface area contributed by atoms with Crippen LogP contribution < -0.4 is 0 Å². The van der Waals surface area contributed by atoms with E-state index in [9.17, 15) is 4.79 Å². The van der Waals surface area contributed by atoms with Gasteiger partial charge in [0.05, 0.1) is 23.5 Å². The van der Waals surface area contributed by atoms with E-state index in [2.05, 4.69) is 10.3 Å². The zero-order chi connectivity index (χ0) is 13.3.